The number of ether oxygens (including phenoxy) is 1. The predicted octanol–water partition coefficient (Wildman–Crippen LogP) is 2.28. The molecule has 2 aromatic carbocycles. The SMILES string of the molecule is CC(=O)N(C)c1cccc(C[C@H](N)C(=O)OCc2ccccc2)c1. The standard InChI is InChI=1S/C19H22N2O3/c1-14(22)21(2)17-10-6-9-16(11-17)12-18(20)19(23)24-13-15-7-4-3-5-8-15/h3-11,18H,12-13,20H2,1-2H3/t18-/m0/s1. The number of carbonyl (C=O) groups excluding carboxylic acids is 2. The lowest BCUT2D eigenvalue weighted by Gasteiger charge is -2.17. The summed E-state index contributed by atoms with van der Waals surface area (Å²) in [5.74, 6) is -0.497. The molecule has 2 rings (SSSR count). The molecular formula is C19H22N2O3. The van der Waals surface area contributed by atoms with Crippen molar-refractivity contribution < 1.29 is 14.3 Å². The van der Waals surface area contributed by atoms with Crippen LogP contribution in [0.3, 0.4) is 0 Å². The van der Waals surface area contributed by atoms with Crippen molar-refractivity contribution in [1.82, 2.24) is 0 Å². The Morgan fingerprint density at radius 2 is 1.75 bits per heavy atom. The summed E-state index contributed by atoms with van der Waals surface area (Å²) in [5.41, 5.74) is 8.51. The van der Waals surface area contributed by atoms with Gasteiger partial charge in [-0.3, -0.25) is 9.59 Å². The van der Waals surface area contributed by atoms with E-state index in [-0.39, 0.29) is 12.5 Å². The van der Waals surface area contributed by atoms with E-state index in [2.05, 4.69) is 0 Å². The van der Waals surface area contributed by atoms with Crippen LogP contribution in [-0.4, -0.2) is 25.0 Å². The van der Waals surface area contributed by atoms with Gasteiger partial charge in [0.15, 0.2) is 0 Å². The molecule has 2 N–H and O–H groups in total. The average molecular weight is 326 g/mol. The van der Waals surface area contributed by atoms with Crippen molar-refractivity contribution >= 4 is 17.6 Å². The van der Waals surface area contributed by atoms with Crippen LogP contribution in [0.4, 0.5) is 5.69 Å². The van der Waals surface area contributed by atoms with Crippen LogP contribution in [0.25, 0.3) is 0 Å². The molecule has 5 heteroatoms. The summed E-state index contributed by atoms with van der Waals surface area (Å²) >= 11 is 0. The highest BCUT2D eigenvalue weighted by Gasteiger charge is 2.16. The zero-order valence-corrected chi connectivity index (χ0v) is 13.9. The van der Waals surface area contributed by atoms with E-state index in [0.717, 1.165) is 16.8 Å². The molecule has 5 nitrogen and oxygen atoms in total. The number of hydrogen-bond acceptors (Lipinski definition) is 4. The molecule has 0 aliphatic carbocycles. The summed E-state index contributed by atoms with van der Waals surface area (Å²) < 4.78 is 5.25. The molecule has 0 aliphatic heterocycles. The van der Waals surface area contributed by atoms with E-state index >= 15 is 0 Å². The maximum Gasteiger partial charge on any atom is 0.323 e. The number of benzene rings is 2. The van der Waals surface area contributed by atoms with Gasteiger partial charge in [-0.15, -0.1) is 0 Å². The zero-order chi connectivity index (χ0) is 17.5. The second kappa shape index (κ2) is 8.26. The van der Waals surface area contributed by atoms with Crippen LogP contribution in [0, 0.1) is 0 Å². The number of carbonyl (C=O) groups is 2. The first kappa shape index (κ1) is 17.7. The highest BCUT2D eigenvalue weighted by molar-refractivity contribution is 5.90. The first-order valence-corrected chi connectivity index (χ1v) is 7.76. The number of nitrogens with zero attached hydrogens (tertiary/aromatic N) is 1. The van der Waals surface area contributed by atoms with Gasteiger partial charge in [-0.25, -0.2) is 0 Å². The summed E-state index contributed by atoms with van der Waals surface area (Å²) in [6, 6.07) is 16.1. The van der Waals surface area contributed by atoms with E-state index in [1.54, 1.807) is 11.9 Å². The fourth-order valence-electron chi connectivity index (χ4n) is 2.25. The fourth-order valence-corrected chi connectivity index (χ4v) is 2.25. The van der Waals surface area contributed by atoms with Gasteiger partial charge in [-0.2, -0.15) is 0 Å². The van der Waals surface area contributed by atoms with E-state index in [1.807, 2.05) is 54.6 Å². The third-order valence-corrected chi connectivity index (χ3v) is 3.75. The lowest BCUT2D eigenvalue weighted by molar-refractivity contribution is -0.146. The summed E-state index contributed by atoms with van der Waals surface area (Å²) in [7, 11) is 1.70. The van der Waals surface area contributed by atoms with Crippen LogP contribution in [-0.2, 0) is 27.4 Å². The third-order valence-electron chi connectivity index (χ3n) is 3.75. The number of anilines is 1. The van der Waals surface area contributed by atoms with Crippen molar-refractivity contribution in [3.8, 4) is 0 Å². The van der Waals surface area contributed by atoms with Gasteiger partial charge < -0.3 is 15.4 Å². The van der Waals surface area contributed by atoms with Crippen LogP contribution in [0.5, 0.6) is 0 Å². The molecule has 0 saturated heterocycles. The average Bonchev–Trinajstić information content (AvgIpc) is 2.60. The molecule has 0 unspecified atom stereocenters. The Bertz CT molecular complexity index is 701. The third kappa shape index (κ3) is 4.93. The monoisotopic (exact) mass is 326 g/mol. The van der Waals surface area contributed by atoms with Crippen molar-refractivity contribution in [2.75, 3.05) is 11.9 Å². The summed E-state index contributed by atoms with van der Waals surface area (Å²) in [6.07, 6.45) is 0.354. The van der Waals surface area contributed by atoms with Gasteiger partial charge in [0.2, 0.25) is 5.91 Å². The maximum absolute atomic E-state index is 12.0. The number of rotatable bonds is 6. The zero-order valence-electron chi connectivity index (χ0n) is 13.9. The Hall–Kier alpha value is -2.66. The van der Waals surface area contributed by atoms with Gasteiger partial charge in [0.1, 0.15) is 12.6 Å². The molecule has 1 amide bonds. The number of amides is 1. The molecular weight excluding hydrogens is 304 g/mol. The van der Waals surface area contributed by atoms with Crippen LogP contribution in [0.1, 0.15) is 18.1 Å². The molecule has 0 radical (unpaired) electrons. The predicted molar refractivity (Wildman–Crippen MR) is 93.4 cm³/mol. The maximum atomic E-state index is 12.0. The molecule has 0 aromatic heterocycles. The minimum Gasteiger partial charge on any atom is -0.460 e. The van der Waals surface area contributed by atoms with Crippen LogP contribution in [0.2, 0.25) is 0 Å². The molecule has 1 atom stereocenters. The van der Waals surface area contributed by atoms with E-state index in [1.165, 1.54) is 6.92 Å². The second-order valence-corrected chi connectivity index (χ2v) is 5.65. The van der Waals surface area contributed by atoms with E-state index in [4.69, 9.17) is 10.5 Å². The molecule has 0 spiro atoms. The Labute approximate surface area is 142 Å². The fraction of sp³-hybridized carbons (Fsp3) is 0.263. The topological polar surface area (TPSA) is 72.6 Å². The molecule has 0 bridgehead atoms. The van der Waals surface area contributed by atoms with Gasteiger partial charge in [-0.1, -0.05) is 42.5 Å². The van der Waals surface area contributed by atoms with Crippen LogP contribution >= 0.6 is 0 Å². The molecule has 0 fully saturated rings. The highest BCUT2D eigenvalue weighted by atomic mass is 16.5. The molecule has 24 heavy (non-hydrogen) atoms. The molecule has 0 heterocycles. The van der Waals surface area contributed by atoms with Crippen LogP contribution < -0.4 is 10.6 Å². The number of nitrogens with two attached hydrogens (primary N) is 1. The van der Waals surface area contributed by atoms with Gasteiger partial charge in [0.25, 0.3) is 0 Å². The second-order valence-electron chi connectivity index (χ2n) is 5.65. The minimum atomic E-state index is -0.744. The van der Waals surface area contributed by atoms with E-state index in [9.17, 15) is 9.59 Å². The van der Waals surface area contributed by atoms with Crippen molar-refractivity contribution in [1.29, 1.82) is 0 Å². The smallest absolute Gasteiger partial charge is 0.323 e. The Morgan fingerprint density at radius 3 is 2.42 bits per heavy atom. The number of esters is 1. The Morgan fingerprint density at radius 1 is 1.08 bits per heavy atom. The first-order chi connectivity index (χ1) is 11.5. The van der Waals surface area contributed by atoms with Gasteiger partial charge in [0, 0.05) is 19.7 Å². The number of hydrogen-bond donors (Lipinski definition) is 1. The van der Waals surface area contributed by atoms with Gasteiger partial charge >= 0.3 is 5.97 Å². The van der Waals surface area contributed by atoms with Crippen molar-refractivity contribution in [3.05, 3.63) is 65.7 Å². The van der Waals surface area contributed by atoms with Gasteiger partial charge in [0.05, 0.1) is 0 Å². The molecule has 0 saturated carbocycles. The molecule has 2 aromatic rings. The van der Waals surface area contributed by atoms with Crippen LogP contribution in [0.15, 0.2) is 54.6 Å². The molecule has 126 valence electrons. The van der Waals surface area contributed by atoms with Gasteiger partial charge in [-0.05, 0) is 29.7 Å². The summed E-state index contributed by atoms with van der Waals surface area (Å²) in [4.78, 5) is 25.0. The van der Waals surface area contributed by atoms with E-state index in [0.29, 0.717) is 6.42 Å². The lowest BCUT2D eigenvalue weighted by Crippen LogP contribution is -2.34. The van der Waals surface area contributed by atoms with Crippen molar-refractivity contribution in [3.63, 3.8) is 0 Å². The quantitative estimate of drug-likeness (QED) is 0.827. The summed E-state index contributed by atoms with van der Waals surface area (Å²) in [6.45, 7) is 1.71. The van der Waals surface area contributed by atoms with E-state index < -0.39 is 12.0 Å². The normalized spacial score (nSPS) is 11.6. The summed E-state index contributed by atoms with van der Waals surface area (Å²) in [5, 5.41) is 0. The Kier molecular flexibility index (Phi) is 6.09. The Balaban J connectivity index is 1.93. The van der Waals surface area contributed by atoms with Crippen molar-refractivity contribution in [2.45, 2.75) is 26.0 Å². The largest absolute Gasteiger partial charge is 0.460 e. The first-order valence-electron chi connectivity index (χ1n) is 7.76. The molecule has 0 aliphatic rings. The van der Waals surface area contributed by atoms with Crippen molar-refractivity contribution in [2.24, 2.45) is 5.73 Å². The highest BCUT2D eigenvalue weighted by Crippen LogP contribution is 2.16. The lowest BCUT2D eigenvalue weighted by atomic mass is 10.1. The minimum absolute atomic E-state index is 0.0567.